The highest BCUT2D eigenvalue weighted by Crippen LogP contribution is 1.96. The first kappa shape index (κ1) is 23.6. The van der Waals surface area contributed by atoms with Crippen molar-refractivity contribution in [2.45, 2.75) is 37.5 Å². The second kappa shape index (κ2) is 11.3. The lowest BCUT2D eigenvalue weighted by Gasteiger charge is -2.22. The summed E-state index contributed by atoms with van der Waals surface area (Å²) in [6, 6.07) is -5.16. The van der Waals surface area contributed by atoms with Gasteiger partial charge < -0.3 is 37.6 Å². The zero-order valence-corrected chi connectivity index (χ0v) is 14.9. The van der Waals surface area contributed by atoms with Gasteiger partial charge in [-0.05, 0) is 6.92 Å². The molecule has 0 heterocycles. The number of aliphatic carboxylic acids is 1. The maximum absolute atomic E-state index is 12.1. The molecule has 0 aliphatic carbocycles. The van der Waals surface area contributed by atoms with Crippen molar-refractivity contribution in [3.05, 3.63) is 0 Å². The average Bonchev–Trinajstić information content (AvgIpc) is 2.55. The summed E-state index contributed by atoms with van der Waals surface area (Å²) in [7, 11) is 0. The van der Waals surface area contributed by atoms with E-state index in [0.29, 0.717) is 0 Å². The Morgan fingerprint density at radius 2 is 1.42 bits per heavy atom. The molecule has 4 unspecified atom stereocenters. The topological polar surface area (TPSA) is 214 Å². The number of aliphatic hydroxyl groups excluding tert-OH is 1. The number of rotatable bonds is 11. The highest BCUT2D eigenvalue weighted by atomic mass is 32.1. The van der Waals surface area contributed by atoms with Crippen molar-refractivity contribution in [1.82, 2.24) is 16.0 Å². The molecule has 148 valence electrons. The van der Waals surface area contributed by atoms with Crippen molar-refractivity contribution in [2.24, 2.45) is 11.5 Å². The summed E-state index contributed by atoms with van der Waals surface area (Å²) in [6.45, 7) is 0.540. The minimum atomic E-state index is -1.62. The summed E-state index contributed by atoms with van der Waals surface area (Å²) in [5, 5.41) is 24.6. The lowest BCUT2D eigenvalue weighted by atomic mass is 10.1. The molecule has 0 radical (unpaired) electrons. The largest absolute Gasteiger partial charge is 0.480 e. The van der Waals surface area contributed by atoms with E-state index in [2.05, 4.69) is 23.3 Å². The quantitative estimate of drug-likeness (QED) is 0.160. The molecule has 4 atom stereocenters. The van der Waals surface area contributed by atoms with Gasteiger partial charge in [0.1, 0.15) is 18.1 Å². The molecule has 0 aromatic rings. The van der Waals surface area contributed by atoms with E-state index in [4.69, 9.17) is 16.6 Å². The van der Waals surface area contributed by atoms with Gasteiger partial charge in [0.2, 0.25) is 23.6 Å². The average molecular weight is 393 g/mol. The summed E-state index contributed by atoms with van der Waals surface area (Å²) < 4.78 is 0. The second-order valence-electron chi connectivity index (χ2n) is 5.35. The van der Waals surface area contributed by atoms with E-state index < -0.39 is 66.8 Å². The standard InChI is InChI=1S/C13H23N5O7S/c1-5(14)10(21)18-8(4-26)12(23)17-7(3-19)11(22)16-6(13(24)25)2-9(15)20/h5-8,19,26H,2-4,14H2,1H3,(H2,15,20)(H,16,22)(H,17,23)(H,18,21)(H,24,25). The van der Waals surface area contributed by atoms with E-state index in [1.54, 1.807) is 0 Å². The zero-order chi connectivity index (χ0) is 20.4. The molecule has 0 aromatic carbocycles. The van der Waals surface area contributed by atoms with Crippen LogP contribution in [0.4, 0.5) is 0 Å². The molecular formula is C13H23N5O7S. The number of thiol groups is 1. The third-order valence-corrected chi connectivity index (χ3v) is 3.43. The molecule has 0 fully saturated rings. The highest BCUT2D eigenvalue weighted by Gasteiger charge is 2.29. The number of aliphatic hydroxyl groups is 1. The Morgan fingerprint density at radius 3 is 1.81 bits per heavy atom. The molecule has 9 N–H and O–H groups in total. The van der Waals surface area contributed by atoms with Crippen LogP contribution in [0.15, 0.2) is 0 Å². The SMILES string of the molecule is CC(N)C(=O)NC(CS)C(=O)NC(CO)C(=O)NC(CC(N)=O)C(=O)O. The summed E-state index contributed by atoms with van der Waals surface area (Å²) in [6.07, 6.45) is -0.670. The van der Waals surface area contributed by atoms with Gasteiger partial charge in [0, 0.05) is 5.75 Å². The van der Waals surface area contributed by atoms with Crippen LogP contribution in [-0.4, -0.2) is 76.3 Å². The fourth-order valence-electron chi connectivity index (χ4n) is 1.64. The normalized spacial score (nSPS) is 15.1. The Morgan fingerprint density at radius 1 is 0.962 bits per heavy atom. The van der Waals surface area contributed by atoms with Crippen LogP contribution < -0.4 is 27.4 Å². The van der Waals surface area contributed by atoms with Crippen LogP contribution in [0.5, 0.6) is 0 Å². The van der Waals surface area contributed by atoms with Crippen molar-refractivity contribution in [3.8, 4) is 0 Å². The van der Waals surface area contributed by atoms with Gasteiger partial charge in [-0.3, -0.25) is 19.2 Å². The highest BCUT2D eigenvalue weighted by molar-refractivity contribution is 7.80. The van der Waals surface area contributed by atoms with Crippen LogP contribution in [0, 0.1) is 0 Å². The van der Waals surface area contributed by atoms with Crippen LogP contribution >= 0.6 is 12.6 Å². The number of hydrogen-bond donors (Lipinski definition) is 8. The van der Waals surface area contributed by atoms with Gasteiger partial charge in [-0.1, -0.05) is 0 Å². The van der Waals surface area contributed by atoms with E-state index >= 15 is 0 Å². The van der Waals surface area contributed by atoms with E-state index in [1.807, 2.05) is 5.32 Å². The van der Waals surface area contributed by atoms with Crippen LogP contribution in [-0.2, 0) is 24.0 Å². The lowest BCUT2D eigenvalue weighted by molar-refractivity contribution is -0.144. The molecule has 0 saturated carbocycles. The monoisotopic (exact) mass is 393 g/mol. The van der Waals surface area contributed by atoms with Gasteiger partial charge in [-0.2, -0.15) is 12.6 Å². The Hall–Kier alpha value is -2.38. The van der Waals surface area contributed by atoms with E-state index in [0.717, 1.165) is 0 Å². The number of primary amides is 1. The maximum atomic E-state index is 12.1. The van der Waals surface area contributed by atoms with Crippen LogP contribution in [0.25, 0.3) is 0 Å². The number of amides is 4. The van der Waals surface area contributed by atoms with Crippen LogP contribution in [0.2, 0.25) is 0 Å². The van der Waals surface area contributed by atoms with E-state index in [9.17, 15) is 29.1 Å². The second-order valence-corrected chi connectivity index (χ2v) is 5.71. The first-order valence-corrected chi connectivity index (χ1v) is 8.06. The smallest absolute Gasteiger partial charge is 0.326 e. The first-order valence-electron chi connectivity index (χ1n) is 7.43. The summed E-state index contributed by atoms with van der Waals surface area (Å²) >= 11 is 3.91. The number of carbonyl (C=O) groups is 5. The van der Waals surface area contributed by atoms with Gasteiger partial charge in [0.15, 0.2) is 0 Å². The van der Waals surface area contributed by atoms with Crippen molar-refractivity contribution >= 4 is 42.2 Å². The van der Waals surface area contributed by atoms with Gasteiger partial charge in [0.25, 0.3) is 0 Å². The van der Waals surface area contributed by atoms with Crippen molar-refractivity contribution in [3.63, 3.8) is 0 Å². The number of carboxylic acid groups (broad SMARTS) is 1. The Bertz CT molecular complexity index is 557. The molecule has 0 saturated heterocycles. The molecular weight excluding hydrogens is 370 g/mol. The first-order chi connectivity index (χ1) is 12.0. The summed E-state index contributed by atoms with van der Waals surface area (Å²) in [4.78, 5) is 57.5. The maximum Gasteiger partial charge on any atom is 0.326 e. The zero-order valence-electron chi connectivity index (χ0n) is 14.0. The Labute approximate surface area is 154 Å². The minimum absolute atomic E-state index is 0.122. The number of carbonyl (C=O) groups excluding carboxylic acids is 4. The molecule has 0 aromatic heterocycles. The molecule has 0 spiro atoms. The molecule has 12 nitrogen and oxygen atoms in total. The molecule has 26 heavy (non-hydrogen) atoms. The molecule has 0 rings (SSSR count). The number of nitrogens with two attached hydrogens (primary N) is 2. The minimum Gasteiger partial charge on any atom is -0.480 e. The number of carboxylic acids is 1. The Balaban J connectivity index is 4.96. The third-order valence-electron chi connectivity index (χ3n) is 3.06. The van der Waals surface area contributed by atoms with Crippen LogP contribution in [0.3, 0.4) is 0 Å². The summed E-state index contributed by atoms with van der Waals surface area (Å²) in [5.74, 6) is -5.12. The van der Waals surface area contributed by atoms with Gasteiger partial charge in [-0.15, -0.1) is 0 Å². The number of hydrogen-bond acceptors (Lipinski definition) is 8. The van der Waals surface area contributed by atoms with Crippen molar-refractivity contribution < 1.29 is 34.2 Å². The molecule has 0 bridgehead atoms. The lowest BCUT2D eigenvalue weighted by Crippen LogP contribution is -2.58. The molecule has 0 aliphatic rings. The van der Waals surface area contributed by atoms with E-state index in [1.165, 1.54) is 6.92 Å². The third kappa shape index (κ3) is 8.13. The van der Waals surface area contributed by atoms with E-state index in [-0.39, 0.29) is 5.75 Å². The van der Waals surface area contributed by atoms with Gasteiger partial charge in [0.05, 0.1) is 19.1 Å². The van der Waals surface area contributed by atoms with Crippen LogP contribution in [0.1, 0.15) is 13.3 Å². The summed E-state index contributed by atoms with van der Waals surface area (Å²) in [5.41, 5.74) is 10.3. The number of nitrogens with one attached hydrogen (secondary N) is 3. The van der Waals surface area contributed by atoms with Gasteiger partial charge >= 0.3 is 5.97 Å². The predicted octanol–water partition coefficient (Wildman–Crippen LogP) is -4.33. The Kier molecular flexibility index (Phi) is 10.2. The molecule has 4 amide bonds. The van der Waals surface area contributed by atoms with Crippen molar-refractivity contribution in [1.29, 1.82) is 0 Å². The molecule has 0 aliphatic heterocycles. The van der Waals surface area contributed by atoms with Crippen molar-refractivity contribution in [2.75, 3.05) is 12.4 Å². The fraction of sp³-hybridized carbons (Fsp3) is 0.615. The fourth-order valence-corrected chi connectivity index (χ4v) is 1.89. The van der Waals surface area contributed by atoms with Gasteiger partial charge in [-0.25, -0.2) is 4.79 Å². The predicted molar refractivity (Wildman–Crippen MR) is 91.8 cm³/mol. The molecule has 13 heteroatoms.